The molecule has 9 nitrogen and oxygen atoms in total. The number of hydrogen-bond donors (Lipinski definition) is 3. The SMILES string of the molecule is COCCCn1c([C@@H]2CCCN(C(=O)C[C@@H](N)CNC(=O)NC3CCCCC3)C2)nc2ccccc21. The highest BCUT2D eigenvalue weighted by atomic mass is 16.5. The molecule has 2 atom stereocenters. The van der Waals surface area contributed by atoms with Crippen LogP contribution in [0.25, 0.3) is 11.0 Å². The first kappa shape index (κ1) is 26.4. The standard InChI is InChI=1S/C27H42N6O3/c1-36-16-8-15-33-24-13-6-5-12-23(24)31-26(33)20-9-7-14-32(19-20)25(34)17-21(28)18-29-27(35)30-22-10-3-2-4-11-22/h5-6,12-13,20-22H,2-4,7-11,14-19,28H2,1H3,(H2,29,30,35)/t20-,21-/m1/s1. The van der Waals surface area contributed by atoms with E-state index in [1.54, 1.807) is 7.11 Å². The number of para-hydroxylation sites is 2. The zero-order valence-electron chi connectivity index (χ0n) is 21.6. The second kappa shape index (κ2) is 13.1. The van der Waals surface area contributed by atoms with E-state index in [0.29, 0.717) is 13.2 Å². The number of aromatic nitrogens is 2. The van der Waals surface area contributed by atoms with E-state index in [4.69, 9.17) is 15.5 Å². The molecule has 9 heteroatoms. The number of imidazole rings is 1. The van der Waals surface area contributed by atoms with E-state index in [1.807, 2.05) is 23.1 Å². The maximum atomic E-state index is 13.1. The lowest BCUT2D eigenvalue weighted by Crippen LogP contribution is -2.48. The van der Waals surface area contributed by atoms with Crippen molar-refractivity contribution in [2.45, 2.75) is 82.3 Å². The number of amides is 3. The number of benzene rings is 1. The first-order chi connectivity index (χ1) is 17.5. The highest BCUT2D eigenvalue weighted by molar-refractivity contribution is 5.78. The topological polar surface area (TPSA) is 115 Å². The Morgan fingerprint density at radius 2 is 1.97 bits per heavy atom. The van der Waals surface area contributed by atoms with Gasteiger partial charge in [0.05, 0.1) is 11.0 Å². The maximum Gasteiger partial charge on any atom is 0.315 e. The van der Waals surface area contributed by atoms with Crippen LogP contribution in [0, 0.1) is 0 Å². The summed E-state index contributed by atoms with van der Waals surface area (Å²) < 4.78 is 7.57. The average Bonchev–Trinajstić information content (AvgIpc) is 3.27. The van der Waals surface area contributed by atoms with Gasteiger partial charge in [0.25, 0.3) is 0 Å². The quantitative estimate of drug-likeness (QED) is 0.436. The summed E-state index contributed by atoms with van der Waals surface area (Å²) in [6.45, 7) is 3.21. The number of rotatable bonds is 10. The molecule has 1 aromatic heterocycles. The molecule has 1 saturated heterocycles. The number of ether oxygens (including phenoxy) is 1. The highest BCUT2D eigenvalue weighted by Crippen LogP contribution is 2.30. The number of nitrogens with zero attached hydrogens (tertiary/aromatic N) is 3. The van der Waals surface area contributed by atoms with Gasteiger partial charge in [0.15, 0.2) is 0 Å². The number of nitrogens with two attached hydrogens (primary N) is 1. The number of carbonyl (C=O) groups excluding carboxylic acids is 2. The summed E-state index contributed by atoms with van der Waals surface area (Å²) in [5, 5.41) is 5.88. The molecule has 198 valence electrons. The minimum Gasteiger partial charge on any atom is -0.385 e. The van der Waals surface area contributed by atoms with Crippen LogP contribution in [0.3, 0.4) is 0 Å². The third-order valence-electron chi connectivity index (χ3n) is 7.46. The van der Waals surface area contributed by atoms with Gasteiger partial charge in [-0.05, 0) is 44.2 Å². The van der Waals surface area contributed by atoms with Crippen molar-refractivity contribution >= 4 is 23.0 Å². The molecule has 2 heterocycles. The van der Waals surface area contributed by atoms with Crippen LogP contribution in [0.15, 0.2) is 24.3 Å². The predicted molar refractivity (Wildman–Crippen MR) is 141 cm³/mol. The molecule has 2 fully saturated rings. The van der Waals surface area contributed by atoms with Gasteiger partial charge >= 0.3 is 6.03 Å². The summed E-state index contributed by atoms with van der Waals surface area (Å²) >= 11 is 0. The van der Waals surface area contributed by atoms with E-state index in [1.165, 1.54) is 19.3 Å². The van der Waals surface area contributed by atoms with Crippen molar-refractivity contribution in [2.75, 3.05) is 33.4 Å². The molecule has 1 aromatic carbocycles. The Morgan fingerprint density at radius 1 is 1.17 bits per heavy atom. The maximum absolute atomic E-state index is 13.1. The van der Waals surface area contributed by atoms with Crippen LogP contribution in [0.4, 0.5) is 4.79 Å². The van der Waals surface area contributed by atoms with E-state index >= 15 is 0 Å². The molecule has 36 heavy (non-hydrogen) atoms. The minimum absolute atomic E-state index is 0.0451. The Morgan fingerprint density at radius 3 is 2.78 bits per heavy atom. The van der Waals surface area contributed by atoms with Gasteiger partial charge in [-0.3, -0.25) is 4.79 Å². The van der Waals surface area contributed by atoms with Gasteiger partial charge in [0.2, 0.25) is 5.91 Å². The van der Waals surface area contributed by atoms with Crippen molar-refractivity contribution in [2.24, 2.45) is 5.73 Å². The summed E-state index contributed by atoms with van der Waals surface area (Å²) in [6.07, 6.45) is 8.73. The summed E-state index contributed by atoms with van der Waals surface area (Å²) in [7, 11) is 1.72. The summed E-state index contributed by atoms with van der Waals surface area (Å²) in [5.74, 6) is 1.28. The Balaban J connectivity index is 1.31. The Labute approximate surface area is 214 Å². The van der Waals surface area contributed by atoms with E-state index in [2.05, 4.69) is 21.3 Å². The largest absolute Gasteiger partial charge is 0.385 e. The number of carbonyl (C=O) groups is 2. The molecule has 1 aliphatic heterocycles. The molecule has 1 saturated carbocycles. The van der Waals surface area contributed by atoms with E-state index in [-0.39, 0.29) is 36.9 Å². The third kappa shape index (κ3) is 6.97. The molecule has 2 aromatic rings. The number of hydrogen-bond acceptors (Lipinski definition) is 5. The highest BCUT2D eigenvalue weighted by Gasteiger charge is 2.29. The molecule has 4 N–H and O–H groups in total. The van der Waals surface area contributed by atoms with E-state index < -0.39 is 6.04 Å². The van der Waals surface area contributed by atoms with Gasteiger partial charge in [-0.15, -0.1) is 0 Å². The van der Waals surface area contributed by atoms with Crippen LogP contribution in [-0.4, -0.2) is 71.8 Å². The summed E-state index contributed by atoms with van der Waals surface area (Å²) in [4.78, 5) is 32.2. The van der Waals surface area contributed by atoms with E-state index in [9.17, 15) is 9.59 Å². The molecule has 0 unspecified atom stereocenters. The smallest absolute Gasteiger partial charge is 0.315 e. The number of aryl methyl sites for hydroxylation is 1. The van der Waals surface area contributed by atoms with Crippen molar-refractivity contribution < 1.29 is 14.3 Å². The van der Waals surface area contributed by atoms with Crippen LogP contribution in [-0.2, 0) is 16.1 Å². The first-order valence-electron chi connectivity index (χ1n) is 13.6. The van der Waals surface area contributed by atoms with Gasteiger partial charge in [0, 0.05) is 64.3 Å². The number of nitrogens with one attached hydrogen (secondary N) is 2. The summed E-state index contributed by atoms with van der Waals surface area (Å²) in [6, 6.07) is 7.88. The second-order valence-electron chi connectivity index (χ2n) is 10.3. The zero-order chi connectivity index (χ0) is 25.3. The van der Waals surface area contributed by atoms with Crippen LogP contribution >= 0.6 is 0 Å². The fraction of sp³-hybridized carbons (Fsp3) is 0.667. The fourth-order valence-electron chi connectivity index (χ4n) is 5.55. The molecule has 1 aliphatic carbocycles. The normalized spacial score (nSPS) is 19.8. The van der Waals surface area contributed by atoms with Crippen molar-refractivity contribution in [1.82, 2.24) is 25.1 Å². The fourth-order valence-corrected chi connectivity index (χ4v) is 5.55. The molecular weight excluding hydrogens is 456 g/mol. The van der Waals surface area contributed by atoms with Crippen molar-refractivity contribution in [3.63, 3.8) is 0 Å². The Kier molecular flexibility index (Phi) is 9.58. The summed E-state index contributed by atoms with van der Waals surface area (Å²) in [5.41, 5.74) is 8.36. The lowest BCUT2D eigenvalue weighted by atomic mass is 9.96. The predicted octanol–water partition coefficient (Wildman–Crippen LogP) is 3.13. The second-order valence-corrected chi connectivity index (χ2v) is 10.3. The van der Waals surface area contributed by atoms with Gasteiger partial charge in [-0.1, -0.05) is 31.4 Å². The lowest BCUT2D eigenvalue weighted by Gasteiger charge is -2.33. The lowest BCUT2D eigenvalue weighted by molar-refractivity contribution is -0.132. The molecule has 0 radical (unpaired) electrons. The Hall–Kier alpha value is -2.65. The van der Waals surface area contributed by atoms with E-state index in [0.717, 1.165) is 62.1 Å². The van der Waals surface area contributed by atoms with Crippen LogP contribution < -0.4 is 16.4 Å². The van der Waals surface area contributed by atoms with Gasteiger partial charge in [-0.25, -0.2) is 9.78 Å². The number of urea groups is 1. The molecular formula is C27H42N6O3. The van der Waals surface area contributed by atoms with Crippen molar-refractivity contribution in [3.05, 3.63) is 30.1 Å². The van der Waals surface area contributed by atoms with Crippen LogP contribution in [0.2, 0.25) is 0 Å². The number of likely N-dealkylation sites (tertiary alicyclic amines) is 1. The van der Waals surface area contributed by atoms with Gasteiger partial charge in [0.1, 0.15) is 5.82 Å². The monoisotopic (exact) mass is 498 g/mol. The first-order valence-corrected chi connectivity index (χ1v) is 13.6. The molecule has 3 amide bonds. The Bertz CT molecular complexity index is 1000. The molecule has 0 bridgehead atoms. The zero-order valence-corrected chi connectivity index (χ0v) is 21.6. The molecule has 2 aliphatic rings. The van der Waals surface area contributed by atoms with Crippen LogP contribution in [0.5, 0.6) is 0 Å². The minimum atomic E-state index is -0.409. The number of piperidine rings is 1. The van der Waals surface area contributed by atoms with Crippen molar-refractivity contribution in [1.29, 1.82) is 0 Å². The van der Waals surface area contributed by atoms with Gasteiger partial charge in [-0.2, -0.15) is 0 Å². The third-order valence-corrected chi connectivity index (χ3v) is 7.46. The molecule has 0 spiro atoms. The van der Waals surface area contributed by atoms with Gasteiger partial charge < -0.3 is 30.6 Å². The number of methoxy groups -OCH3 is 1. The average molecular weight is 499 g/mol. The number of fused-ring (bicyclic) bond motifs is 1. The van der Waals surface area contributed by atoms with Crippen LogP contribution in [0.1, 0.15) is 69.5 Å². The molecule has 4 rings (SSSR count). The van der Waals surface area contributed by atoms with Crippen molar-refractivity contribution in [3.8, 4) is 0 Å².